The number of aromatic nitrogens is 2. The Labute approximate surface area is 146 Å². The van der Waals surface area contributed by atoms with Crippen LogP contribution < -0.4 is 11.3 Å². The number of hydrogen-bond acceptors (Lipinski definition) is 5. The zero-order valence-electron chi connectivity index (χ0n) is 14.7. The zero-order valence-corrected chi connectivity index (χ0v) is 14.7. The zero-order chi connectivity index (χ0) is 18.2. The van der Waals surface area contributed by atoms with Gasteiger partial charge in [-0.25, -0.2) is 4.98 Å². The first-order valence-electron chi connectivity index (χ1n) is 8.75. The standard InChI is InChI=1S/C17H25N5O3/c1-11(2)22-6-3-4-17(15(22)25)5-7-21(10-17)14(24)9-12-8-13(23)20-16(18)19-12/h8,11H,3-7,9-10H2,1-2H3,(H3,18,19,20,23)/t17-/m0/s1. The molecule has 2 aliphatic heterocycles. The lowest BCUT2D eigenvalue weighted by Crippen LogP contribution is -2.52. The van der Waals surface area contributed by atoms with Gasteiger partial charge in [-0.2, -0.15) is 0 Å². The van der Waals surface area contributed by atoms with Gasteiger partial charge in [0.1, 0.15) is 0 Å². The van der Waals surface area contributed by atoms with Gasteiger partial charge in [0.15, 0.2) is 0 Å². The summed E-state index contributed by atoms with van der Waals surface area (Å²) in [6, 6.07) is 1.46. The highest BCUT2D eigenvalue weighted by atomic mass is 16.2. The van der Waals surface area contributed by atoms with E-state index in [2.05, 4.69) is 9.97 Å². The largest absolute Gasteiger partial charge is 0.369 e. The van der Waals surface area contributed by atoms with Gasteiger partial charge < -0.3 is 15.5 Å². The second-order valence-electron chi connectivity index (χ2n) is 7.34. The van der Waals surface area contributed by atoms with Crippen LogP contribution in [0, 0.1) is 5.41 Å². The number of amides is 2. The summed E-state index contributed by atoms with van der Waals surface area (Å²) in [6.45, 7) is 5.86. The Morgan fingerprint density at radius 1 is 1.36 bits per heavy atom. The average molecular weight is 347 g/mol. The molecule has 1 atom stereocenters. The fraction of sp³-hybridized carbons (Fsp3) is 0.647. The molecular weight excluding hydrogens is 322 g/mol. The normalized spacial score (nSPS) is 23.7. The Morgan fingerprint density at radius 3 is 2.80 bits per heavy atom. The Bertz CT molecular complexity index is 744. The molecule has 2 fully saturated rings. The molecule has 0 bridgehead atoms. The molecule has 2 saturated heterocycles. The van der Waals surface area contributed by atoms with Crippen molar-refractivity contribution < 1.29 is 9.59 Å². The fourth-order valence-electron chi connectivity index (χ4n) is 3.94. The molecule has 0 saturated carbocycles. The van der Waals surface area contributed by atoms with E-state index in [1.807, 2.05) is 18.7 Å². The molecule has 2 amide bonds. The van der Waals surface area contributed by atoms with Gasteiger partial charge in [-0.15, -0.1) is 0 Å². The van der Waals surface area contributed by atoms with Crippen LogP contribution in [0.15, 0.2) is 10.9 Å². The number of likely N-dealkylation sites (tertiary alicyclic amines) is 2. The van der Waals surface area contributed by atoms with E-state index in [-0.39, 0.29) is 35.8 Å². The highest BCUT2D eigenvalue weighted by molar-refractivity contribution is 5.86. The lowest BCUT2D eigenvalue weighted by Gasteiger charge is -2.41. The SMILES string of the molecule is CC(C)N1CCC[C@@]2(CCN(C(=O)Cc3cc(=O)[nH]c(N)n3)C2)C1=O. The molecule has 0 aliphatic carbocycles. The topological polar surface area (TPSA) is 112 Å². The molecule has 0 radical (unpaired) electrons. The van der Waals surface area contributed by atoms with Crippen molar-refractivity contribution in [3.8, 4) is 0 Å². The maximum atomic E-state index is 12.9. The van der Waals surface area contributed by atoms with Crippen molar-refractivity contribution in [2.45, 2.75) is 45.6 Å². The van der Waals surface area contributed by atoms with E-state index in [4.69, 9.17) is 5.73 Å². The smallest absolute Gasteiger partial charge is 0.252 e. The summed E-state index contributed by atoms with van der Waals surface area (Å²) in [5.74, 6) is 0.0506. The summed E-state index contributed by atoms with van der Waals surface area (Å²) in [5, 5.41) is 0. The second-order valence-corrected chi connectivity index (χ2v) is 7.34. The maximum absolute atomic E-state index is 12.9. The van der Waals surface area contributed by atoms with Gasteiger partial charge in [0.25, 0.3) is 5.56 Å². The van der Waals surface area contributed by atoms with Gasteiger partial charge in [-0.1, -0.05) is 0 Å². The van der Waals surface area contributed by atoms with E-state index in [1.165, 1.54) is 6.07 Å². The third-order valence-electron chi connectivity index (χ3n) is 5.24. The average Bonchev–Trinajstić information content (AvgIpc) is 2.94. The minimum Gasteiger partial charge on any atom is -0.369 e. The van der Waals surface area contributed by atoms with Crippen LogP contribution >= 0.6 is 0 Å². The van der Waals surface area contributed by atoms with Crippen LogP contribution in [0.3, 0.4) is 0 Å². The van der Waals surface area contributed by atoms with Gasteiger partial charge in [-0.3, -0.25) is 19.4 Å². The number of H-pyrrole nitrogens is 1. The molecule has 25 heavy (non-hydrogen) atoms. The van der Waals surface area contributed by atoms with E-state index in [9.17, 15) is 14.4 Å². The predicted molar refractivity (Wildman–Crippen MR) is 92.7 cm³/mol. The van der Waals surface area contributed by atoms with Gasteiger partial charge in [0.2, 0.25) is 17.8 Å². The van der Waals surface area contributed by atoms with Crippen molar-refractivity contribution in [2.75, 3.05) is 25.4 Å². The van der Waals surface area contributed by atoms with Crippen LogP contribution in [0.25, 0.3) is 0 Å². The van der Waals surface area contributed by atoms with E-state index < -0.39 is 5.41 Å². The molecule has 3 rings (SSSR count). The van der Waals surface area contributed by atoms with Crippen LogP contribution in [-0.4, -0.2) is 57.3 Å². The third kappa shape index (κ3) is 3.38. The molecule has 1 spiro atoms. The van der Waals surface area contributed by atoms with Crippen molar-refractivity contribution in [1.29, 1.82) is 0 Å². The number of carbonyl (C=O) groups is 2. The van der Waals surface area contributed by atoms with Gasteiger partial charge in [0, 0.05) is 31.7 Å². The lowest BCUT2D eigenvalue weighted by atomic mass is 9.78. The van der Waals surface area contributed by atoms with Crippen molar-refractivity contribution >= 4 is 17.8 Å². The van der Waals surface area contributed by atoms with Gasteiger partial charge >= 0.3 is 0 Å². The number of nitrogens with zero attached hydrogens (tertiary/aromatic N) is 3. The Balaban J connectivity index is 1.70. The number of anilines is 1. The fourth-order valence-corrected chi connectivity index (χ4v) is 3.94. The number of piperidine rings is 1. The summed E-state index contributed by atoms with van der Waals surface area (Å²) < 4.78 is 0. The molecule has 136 valence electrons. The van der Waals surface area contributed by atoms with Gasteiger partial charge in [0.05, 0.1) is 17.5 Å². The number of nitrogen functional groups attached to an aromatic ring is 1. The Hall–Kier alpha value is -2.38. The number of nitrogens with two attached hydrogens (primary N) is 1. The first-order valence-corrected chi connectivity index (χ1v) is 8.75. The number of carbonyl (C=O) groups excluding carboxylic acids is 2. The number of aromatic amines is 1. The summed E-state index contributed by atoms with van der Waals surface area (Å²) in [5.41, 5.74) is 5.06. The highest BCUT2D eigenvalue weighted by Crippen LogP contribution is 2.40. The van der Waals surface area contributed by atoms with E-state index >= 15 is 0 Å². The van der Waals surface area contributed by atoms with Crippen LogP contribution in [-0.2, 0) is 16.0 Å². The highest BCUT2D eigenvalue weighted by Gasteiger charge is 2.49. The monoisotopic (exact) mass is 347 g/mol. The summed E-state index contributed by atoms with van der Waals surface area (Å²) in [6.07, 6.45) is 2.52. The summed E-state index contributed by atoms with van der Waals surface area (Å²) in [4.78, 5) is 47.0. The van der Waals surface area contributed by atoms with Crippen LogP contribution in [0.4, 0.5) is 5.95 Å². The quantitative estimate of drug-likeness (QED) is 0.808. The Morgan fingerprint density at radius 2 is 2.12 bits per heavy atom. The molecule has 8 nitrogen and oxygen atoms in total. The molecule has 8 heteroatoms. The minimum absolute atomic E-state index is 0.00299. The van der Waals surface area contributed by atoms with E-state index in [0.29, 0.717) is 25.2 Å². The molecule has 1 aromatic rings. The second kappa shape index (κ2) is 6.50. The Kier molecular flexibility index (Phi) is 4.53. The van der Waals surface area contributed by atoms with Gasteiger partial charge in [-0.05, 0) is 33.1 Å². The van der Waals surface area contributed by atoms with Crippen LogP contribution in [0.5, 0.6) is 0 Å². The molecule has 1 aromatic heterocycles. The van der Waals surface area contributed by atoms with E-state index in [0.717, 1.165) is 19.4 Å². The number of rotatable bonds is 3. The molecule has 3 heterocycles. The van der Waals surface area contributed by atoms with Crippen LogP contribution in [0.2, 0.25) is 0 Å². The lowest BCUT2D eigenvalue weighted by molar-refractivity contribution is -0.148. The molecular formula is C17H25N5O3. The summed E-state index contributed by atoms with van der Waals surface area (Å²) in [7, 11) is 0. The number of hydrogen-bond donors (Lipinski definition) is 2. The van der Waals surface area contributed by atoms with Crippen molar-refractivity contribution in [3.05, 3.63) is 22.1 Å². The molecule has 2 aliphatic rings. The first kappa shape index (κ1) is 17.4. The maximum Gasteiger partial charge on any atom is 0.252 e. The van der Waals surface area contributed by atoms with E-state index in [1.54, 1.807) is 4.90 Å². The number of nitrogens with one attached hydrogen (secondary N) is 1. The first-order chi connectivity index (χ1) is 11.8. The molecule has 0 aromatic carbocycles. The predicted octanol–water partition coefficient (Wildman–Crippen LogP) is 0.144. The molecule has 3 N–H and O–H groups in total. The van der Waals surface area contributed by atoms with Crippen LogP contribution in [0.1, 0.15) is 38.8 Å². The third-order valence-corrected chi connectivity index (χ3v) is 5.24. The molecule has 0 unspecified atom stereocenters. The van der Waals surface area contributed by atoms with Crippen molar-refractivity contribution in [3.63, 3.8) is 0 Å². The summed E-state index contributed by atoms with van der Waals surface area (Å²) >= 11 is 0. The van der Waals surface area contributed by atoms with Crippen molar-refractivity contribution in [1.82, 2.24) is 19.8 Å². The van der Waals surface area contributed by atoms with Crippen molar-refractivity contribution in [2.24, 2.45) is 5.41 Å². The minimum atomic E-state index is -0.446.